The Kier molecular flexibility index (Phi) is 6.67. The van der Waals surface area contributed by atoms with Crippen LogP contribution in [0.3, 0.4) is 0 Å². The quantitative estimate of drug-likeness (QED) is 0.219. The van der Waals surface area contributed by atoms with Crippen LogP contribution in [-0.4, -0.2) is 14.7 Å². The molecule has 2 atom stereocenters. The Morgan fingerprint density at radius 1 is 0.949 bits per heavy atom. The number of hydrogen-bond donors (Lipinski definition) is 1. The van der Waals surface area contributed by atoms with E-state index in [1.54, 1.807) is 6.26 Å². The molecule has 0 saturated carbocycles. The third-order valence-corrected chi connectivity index (χ3v) is 7.67. The molecule has 1 aliphatic rings. The summed E-state index contributed by atoms with van der Waals surface area (Å²) >= 11 is 5.94. The van der Waals surface area contributed by atoms with E-state index in [0.717, 1.165) is 34.2 Å². The molecule has 1 aliphatic heterocycles. The molecule has 0 unspecified atom stereocenters. The van der Waals surface area contributed by atoms with E-state index in [0.29, 0.717) is 11.7 Å². The van der Waals surface area contributed by atoms with Gasteiger partial charge in [0.25, 0.3) is 0 Å². The molecular formula is C32H30N4O2S. The summed E-state index contributed by atoms with van der Waals surface area (Å²) in [6.45, 7) is 7.02. The molecule has 0 amide bonds. The van der Waals surface area contributed by atoms with E-state index in [1.165, 1.54) is 17.0 Å². The average molecular weight is 535 g/mol. The Labute approximate surface area is 233 Å². The largest absolute Gasteiger partial charge is 0.467 e. The van der Waals surface area contributed by atoms with E-state index < -0.39 is 0 Å². The lowest BCUT2D eigenvalue weighted by atomic mass is 9.96. The first-order chi connectivity index (χ1) is 19.0. The normalized spacial score (nSPS) is 16.9. The number of benzene rings is 2. The molecule has 1 fully saturated rings. The summed E-state index contributed by atoms with van der Waals surface area (Å²) in [5.41, 5.74) is 6.56. The highest BCUT2D eigenvalue weighted by Gasteiger charge is 2.42. The highest BCUT2D eigenvalue weighted by atomic mass is 32.1. The zero-order valence-electron chi connectivity index (χ0n) is 22.2. The molecule has 2 aromatic carbocycles. The highest BCUT2D eigenvalue weighted by molar-refractivity contribution is 7.80. The van der Waals surface area contributed by atoms with E-state index in [-0.39, 0.29) is 12.1 Å². The van der Waals surface area contributed by atoms with Crippen molar-refractivity contribution in [2.24, 2.45) is 0 Å². The standard InChI is InChI=1S/C32H30N4O2S/c1-21-9-4-5-12-29(21)38-25-15-13-24(14-16-25)36-31(30(34-32(36)39)28-11-6-7-17-33-28)27-19-22(2)35(23(27)3)20-26-10-8-18-37-26/h4-19,30-31H,20H2,1-3H3,(H,34,39)/t30-,31+/m0/s1. The van der Waals surface area contributed by atoms with E-state index in [2.05, 4.69) is 52.9 Å². The fraction of sp³-hybridized carbons (Fsp3) is 0.188. The number of para-hydroxylation sites is 1. The van der Waals surface area contributed by atoms with E-state index in [1.807, 2.05) is 73.8 Å². The Morgan fingerprint density at radius 2 is 1.74 bits per heavy atom. The average Bonchev–Trinajstić information content (AvgIpc) is 3.66. The number of ether oxygens (including phenoxy) is 1. The molecule has 6 rings (SSSR count). The molecule has 1 N–H and O–H groups in total. The Bertz CT molecular complexity index is 1590. The third-order valence-electron chi connectivity index (χ3n) is 7.36. The molecule has 0 aliphatic carbocycles. The summed E-state index contributed by atoms with van der Waals surface area (Å²) in [7, 11) is 0. The molecular weight excluding hydrogens is 504 g/mol. The van der Waals surface area contributed by atoms with Crippen LogP contribution in [0.2, 0.25) is 0 Å². The van der Waals surface area contributed by atoms with E-state index >= 15 is 0 Å². The van der Waals surface area contributed by atoms with Crippen LogP contribution in [0.4, 0.5) is 5.69 Å². The molecule has 5 aromatic rings. The summed E-state index contributed by atoms with van der Waals surface area (Å²) in [6, 6.07) is 28.1. The van der Waals surface area contributed by atoms with Gasteiger partial charge in [-0.3, -0.25) is 4.98 Å². The second kappa shape index (κ2) is 10.4. The predicted octanol–water partition coefficient (Wildman–Crippen LogP) is 7.42. The number of pyridine rings is 1. The third kappa shape index (κ3) is 4.81. The molecule has 0 spiro atoms. The topological polar surface area (TPSA) is 55.5 Å². The van der Waals surface area contributed by atoms with Gasteiger partial charge in [0.05, 0.1) is 30.6 Å². The van der Waals surface area contributed by atoms with Crippen molar-refractivity contribution in [2.75, 3.05) is 4.90 Å². The SMILES string of the molecule is Cc1ccccc1Oc1ccc(N2C(=S)N[C@@H](c3ccccn3)[C@H]2c2cc(C)n(Cc3ccco3)c2C)cc1. The van der Waals surface area contributed by atoms with Crippen molar-refractivity contribution in [3.8, 4) is 11.5 Å². The van der Waals surface area contributed by atoms with Crippen molar-refractivity contribution in [3.63, 3.8) is 0 Å². The van der Waals surface area contributed by atoms with Gasteiger partial charge >= 0.3 is 0 Å². The number of aryl methyl sites for hydroxylation is 2. The smallest absolute Gasteiger partial charge is 0.174 e. The summed E-state index contributed by atoms with van der Waals surface area (Å²) < 4.78 is 14.1. The molecule has 0 radical (unpaired) electrons. The molecule has 3 aromatic heterocycles. The van der Waals surface area contributed by atoms with Crippen molar-refractivity contribution in [1.29, 1.82) is 0 Å². The first kappa shape index (κ1) is 24.9. The Hall–Kier alpha value is -4.36. The van der Waals surface area contributed by atoms with Gasteiger partial charge in [0, 0.05) is 23.3 Å². The number of furan rings is 1. The second-order valence-corrected chi connectivity index (χ2v) is 10.2. The van der Waals surface area contributed by atoms with Crippen molar-refractivity contribution >= 4 is 23.0 Å². The van der Waals surface area contributed by atoms with Gasteiger partial charge in [0.2, 0.25) is 0 Å². The molecule has 6 nitrogen and oxygen atoms in total. The lowest BCUT2D eigenvalue weighted by Crippen LogP contribution is -2.29. The van der Waals surface area contributed by atoms with Crippen LogP contribution >= 0.6 is 12.2 Å². The highest BCUT2D eigenvalue weighted by Crippen LogP contribution is 2.43. The second-order valence-electron chi connectivity index (χ2n) is 9.85. The maximum absolute atomic E-state index is 6.15. The minimum absolute atomic E-state index is 0.0907. The number of rotatable bonds is 7. The first-order valence-electron chi connectivity index (χ1n) is 13.0. The lowest BCUT2D eigenvalue weighted by Gasteiger charge is -2.28. The van der Waals surface area contributed by atoms with Crippen LogP contribution in [0.5, 0.6) is 11.5 Å². The fourth-order valence-corrected chi connectivity index (χ4v) is 5.70. The molecule has 39 heavy (non-hydrogen) atoms. The number of thiocarbonyl (C=S) groups is 1. The molecule has 196 valence electrons. The van der Waals surface area contributed by atoms with Crippen molar-refractivity contribution in [1.82, 2.24) is 14.9 Å². The number of nitrogens with zero attached hydrogens (tertiary/aromatic N) is 3. The summed E-state index contributed by atoms with van der Waals surface area (Å²) in [6.07, 6.45) is 3.55. The zero-order chi connectivity index (χ0) is 26.9. The number of hydrogen-bond acceptors (Lipinski definition) is 4. The van der Waals surface area contributed by atoms with Crippen molar-refractivity contribution < 1.29 is 9.15 Å². The van der Waals surface area contributed by atoms with Gasteiger partial charge in [-0.05, 0) is 105 Å². The maximum Gasteiger partial charge on any atom is 0.174 e. The van der Waals surface area contributed by atoms with Gasteiger partial charge in [-0.1, -0.05) is 24.3 Å². The summed E-state index contributed by atoms with van der Waals surface area (Å²) in [5.74, 6) is 2.55. The number of aromatic nitrogens is 2. The van der Waals surface area contributed by atoms with Crippen molar-refractivity contribution in [3.05, 3.63) is 131 Å². The minimum atomic E-state index is -0.112. The van der Waals surface area contributed by atoms with Gasteiger partial charge in [-0.15, -0.1) is 0 Å². The van der Waals surface area contributed by atoms with Gasteiger partial charge in [0.1, 0.15) is 17.3 Å². The summed E-state index contributed by atoms with van der Waals surface area (Å²) in [4.78, 5) is 6.90. The zero-order valence-corrected chi connectivity index (χ0v) is 23.0. The van der Waals surface area contributed by atoms with Gasteiger partial charge in [-0.2, -0.15) is 0 Å². The van der Waals surface area contributed by atoms with E-state index in [9.17, 15) is 0 Å². The number of anilines is 1. The van der Waals surface area contributed by atoms with Crippen LogP contribution in [0, 0.1) is 20.8 Å². The van der Waals surface area contributed by atoms with Crippen LogP contribution in [0.25, 0.3) is 0 Å². The molecule has 1 saturated heterocycles. The minimum Gasteiger partial charge on any atom is -0.467 e. The van der Waals surface area contributed by atoms with Crippen LogP contribution in [0.15, 0.2) is 102 Å². The Balaban J connectivity index is 1.38. The lowest BCUT2D eigenvalue weighted by molar-refractivity contribution is 0.479. The first-order valence-corrected chi connectivity index (χ1v) is 13.4. The van der Waals surface area contributed by atoms with Gasteiger partial charge in [0.15, 0.2) is 5.11 Å². The molecule has 4 heterocycles. The van der Waals surface area contributed by atoms with Gasteiger partial charge < -0.3 is 23.9 Å². The number of nitrogens with one attached hydrogen (secondary N) is 1. The predicted molar refractivity (Wildman–Crippen MR) is 157 cm³/mol. The molecule has 0 bridgehead atoms. The monoisotopic (exact) mass is 534 g/mol. The fourth-order valence-electron chi connectivity index (χ4n) is 5.35. The van der Waals surface area contributed by atoms with Crippen LogP contribution < -0.4 is 15.0 Å². The van der Waals surface area contributed by atoms with Gasteiger partial charge in [-0.25, -0.2) is 0 Å². The van der Waals surface area contributed by atoms with E-state index in [4.69, 9.17) is 26.4 Å². The maximum atomic E-state index is 6.15. The van der Waals surface area contributed by atoms with Crippen molar-refractivity contribution in [2.45, 2.75) is 39.4 Å². The van der Waals surface area contributed by atoms with Crippen LogP contribution in [-0.2, 0) is 6.54 Å². The summed E-state index contributed by atoms with van der Waals surface area (Å²) in [5, 5.41) is 4.23. The van der Waals surface area contributed by atoms with Crippen LogP contribution in [0.1, 0.15) is 46.1 Å². The molecule has 7 heteroatoms. The Morgan fingerprint density at radius 3 is 2.46 bits per heavy atom.